The lowest BCUT2D eigenvalue weighted by Gasteiger charge is -2.29. The number of carbonyl (C=O) groups excluding carboxylic acids is 1. The normalized spacial score (nSPS) is 18.9. The van der Waals surface area contributed by atoms with Crippen molar-refractivity contribution < 1.29 is 4.79 Å². The number of fused-ring (bicyclic) bond motifs is 1. The molecule has 120 valence electrons. The van der Waals surface area contributed by atoms with Crippen LogP contribution in [0, 0.1) is 5.41 Å². The molecule has 1 aliphatic carbocycles. The minimum Gasteiger partial charge on any atom is -0.321 e. The Bertz CT molecular complexity index is 798. The molecule has 0 saturated carbocycles. The SMILES string of the molecule is CC1=CC(=NNC(=O)Cn2cnc3ccccc32)CC(C)(C)C1. The molecule has 1 heterocycles. The van der Waals surface area contributed by atoms with Gasteiger partial charge in [-0.15, -0.1) is 0 Å². The molecule has 1 aromatic carbocycles. The fourth-order valence-corrected chi connectivity index (χ4v) is 3.23. The zero-order valence-corrected chi connectivity index (χ0v) is 13.8. The van der Waals surface area contributed by atoms with E-state index in [1.807, 2.05) is 28.8 Å². The maximum absolute atomic E-state index is 12.2. The van der Waals surface area contributed by atoms with Crippen LogP contribution in [0.2, 0.25) is 0 Å². The molecule has 23 heavy (non-hydrogen) atoms. The van der Waals surface area contributed by atoms with Crippen molar-refractivity contribution in [2.75, 3.05) is 0 Å². The topological polar surface area (TPSA) is 59.3 Å². The third-order valence-electron chi connectivity index (χ3n) is 4.00. The van der Waals surface area contributed by atoms with Crippen LogP contribution in [-0.4, -0.2) is 21.2 Å². The van der Waals surface area contributed by atoms with E-state index in [-0.39, 0.29) is 17.9 Å². The number of para-hydroxylation sites is 2. The van der Waals surface area contributed by atoms with E-state index >= 15 is 0 Å². The number of allylic oxidation sites excluding steroid dienone is 2. The van der Waals surface area contributed by atoms with E-state index in [1.165, 1.54) is 5.57 Å². The molecular weight excluding hydrogens is 288 g/mol. The van der Waals surface area contributed by atoms with Crippen LogP contribution in [0.5, 0.6) is 0 Å². The summed E-state index contributed by atoms with van der Waals surface area (Å²) in [7, 11) is 0. The molecule has 1 aliphatic rings. The molecule has 0 spiro atoms. The van der Waals surface area contributed by atoms with Crippen molar-refractivity contribution >= 4 is 22.7 Å². The van der Waals surface area contributed by atoms with Gasteiger partial charge in [-0.3, -0.25) is 4.79 Å². The van der Waals surface area contributed by atoms with Gasteiger partial charge >= 0.3 is 0 Å². The Morgan fingerprint density at radius 1 is 1.35 bits per heavy atom. The molecule has 1 amide bonds. The van der Waals surface area contributed by atoms with Gasteiger partial charge in [0.25, 0.3) is 5.91 Å². The number of aromatic nitrogens is 2. The fraction of sp³-hybridized carbons (Fsp3) is 0.389. The van der Waals surface area contributed by atoms with E-state index in [0.29, 0.717) is 0 Å². The highest BCUT2D eigenvalue weighted by molar-refractivity contribution is 5.97. The number of hydrogen-bond donors (Lipinski definition) is 1. The van der Waals surface area contributed by atoms with Gasteiger partial charge in [-0.2, -0.15) is 5.10 Å². The minimum absolute atomic E-state index is 0.143. The second-order valence-corrected chi connectivity index (χ2v) is 7.01. The standard InChI is InChI=1S/C18H22N4O/c1-13-8-14(10-18(2,3)9-13)20-21-17(23)11-22-12-19-15-6-4-5-7-16(15)22/h4-8,12H,9-11H2,1-3H3,(H,21,23). The van der Waals surface area contributed by atoms with Gasteiger partial charge in [-0.1, -0.05) is 31.6 Å². The molecule has 5 heteroatoms. The lowest BCUT2D eigenvalue weighted by Crippen LogP contribution is -2.27. The second-order valence-electron chi connectivity index (χ2n) is 7.01. The van der Waals surface area contributed by atoms with E-state index in [2.05, 4.69) is 42.4 Å². The smallest absolute Gasteiger partial charge is 0.260 e. The number of hydrogen-bond acceptors (Lipinski definition) is 3. The Morgan fingerprint density at radius 2 is 2.13 bits per heavy atom. The van der Waals surface area contributed by atoms with Crippen LogP contribution < -0.4 is 5.43 Å². The maximum Gasteiger partial charge on any atom is 0.260 e. The van der Waals surface area contributed by atoms with Crippen molar-refractivity contribution in [3.63, 3.8) is 0 Å². The van der Waals surface area contributed by atoms with E-state index in [9.17, 15) is 4.79 Å². The zero-order valence-electron chi connectivity index (χ0n) is 13.8. The first-order valence-electron chi connectivity index (χ1n) is 7.85. The highest BCUT2D eigenvalue weighted by Gasteiger charge is 2.24. The quantitative estimate of drug-likeness (QED) is 0.885. The summed E-state index contributed by atoms with van der Waals surface area (Å²) in [6, 6.07) is 7.76. The Labute approximate surface area is 136 Å². The average Bonchev–Trinajstić information content (AvgIpc) is 2.86. The summed E-state index contributed by atoms with van der Waals surface area (Å²) in [5.74, 6) is -0.143. The molecular formula is C18H22N4O. The first-order valence-corrected chi connectivity index (χ1v) is 7.85. The third kappa shape index (κ3) is 3.67. The van der Waals surface area contributed by atoms with E-state index < -0.39 is 0 Å². The van der Waals surface area contributed by atoms with E-state index in [0.717, 1.165) is 29.6 Å². The number of imidazole rings is 1. The van der Waals surface area contributed by atoms with Gasteiger partial charge in [0, 0.05) is 0 Å². The van der Waals surface area contributed by atoms with E-state index in [4.69, 9.17) is 0 Å². The largest absolute Gasteiger partial charge is 0.321 e. The Kier molecular flexibility index (Phi) is 4.03. The number of nitrogens with one attached hydrogen (secondary N) is 1. The van der Waals surface area contributed by atoms with E-state index in [1.54, 1.807) is 6.33 Å². The molecule has 0 bridgehead atoms. The van der Waals surface area contributed by atoms with Crippen LogP contribution in [-0.2, 0) is 11.3 Å². The molecule has 1 aromatic heterocycles. The van der Waals surface area contributed by atoms with Crippen molar-refractivity contribution in [2.24, 2.45) is 10.5 Å². The summed E-state index contributed by atoms with van der Waals surface area (Å²) in [4.78, 5) is 16.4. The zero-order chi connectivity index (χ0) is 16.4. The highest BCUT2D eigenvalue weighted by Crippen LogP contribution is 2.33. The molecule has 0 saturated heterocycles. The number of nitrogens with zero attached hydrogens (tertiary/aromatic N) is 3. The van der Waals surface area contributed by atoms with Crippen LogP contribution >= 0.6 is 0 Å². The molecule has 0 fully saturated rings. The van der Waals surface area contributed by atoms with Crippen molar-refractivity contribution in [3.8, 4) is 0 Å². The molecule has 0 atom stereocenters. The van der Waals surface area contributed by atoms with Crippen molar-refractivity contribution in [2.45, 2.75) is 40.2 Å². The van der Waals surface area contributed by atoms with Gasteiger partial charge in [0.15, 0.2) is 0 Å². The monoisotopic (exact) mass is 310 g/mol. The number of rotatable bonds is 3. The molecule has 5 nitrogen and oxygen atoms in total. The van der Waals surface area contributed by atoms with Crippen LogP contribution in [0.15, 0.2) is 47.3 Å². The Morgan fingerprint density at radius 3 is 2.91 bits per heavy atom. The Hall–Kier alpha value is -2.43. The number of benzene rings is 1. The first kappa shape index (κ1) is 15.5. The van der Waals surface area contributed by atoms with Gasteiger partial charge < -0.3 is 4.57 Å². The van der Waals surface area contributed by atoms with Crippen molar-refractivity contribution in [3.05, 3.63) is 42.2 Å². The third-order valence-corrected chi connectivity index (χ3v) is 4.00. The minimum atomic E-state index is -0.143. The number of amides is 1. The molecule has 1 N–H and O–H groups in total. The van der Waals surface area contributed by atoms with Crippen LogP contribution in [0.4, 0.5) is 0 Å². The second kappa shape index (κ2) is 5.99. The molecule has 2 aromatic rings. The van der Waals surface area contributed by atoms with Crippen LogP contribution in [0.25, 0.3) is 11.0 Å². The maximum atomic E-state index is 12.2. The molecule has 0 aliphatic heterocycles. The number of carbonyl (C=O) groups is 1. The van der Waals surface area contributed by atoms with Crippen molar-refractivity contribution in [1.82, 2.24) is 15.0 Å². The molecule has 0 radical (unpaired) electrons. The average molecular weight is 310 g/mol. The van der Waals surface area contributed by atoms with Crippen LogP contribution in [0.3, 0.4) is 0 Å². The van der Waals surface area contributed by atoms with Gasteiger partial charge in [-0.05, 0) is 43.4 Å². The van der Waals surface area contributed by atoms with Gasteiger partial charge in [0.2, 0.25) is 0 Å². The summed E-state index contributed by atoms with van der Waals surface area (Å²) in [5, 5.41) is 4.30. The lowest BCUT2D eigenvalue weighted by atomic mass is 9.77. The van der Waals surface area contributed by atoms with Crippen LogP contribution in [0.1, 0.15) is 33.6 Å². The first-order chi connectivity index (χ1) is 10.9. The number of hydrazone groups is 1. The predicted octanol–water partition coefficient (Wildman–Crippen LogP) is 3.27. The summed E-state index contributed by atoms with van der Waals surface area (Å²) in [6.45, 7) is 6.76. The molecule has 3 rings (SSSR count). The van der Waals surface area contributed by atoms with Gasteiger partial charge in [-0.25, -0.2) is 10.4 Å². The summed E-state index contributed by atoms with van der Waals surface area (Å²) in [6.07, 6.45) is 5.70. The van der Waals surface area contributed by atoms with Gasteiger partial charge in [0.05, 0.1) is 23.1 Å². The molecule has 0 unspecified atom stereocenters. The summed E-state index contributed by atoms with van der Waals surface area (Å²) in [5.41, 5.74) is 6.94. The predicted molar refractivity (Wildman–Crippen MR) is 92.1 cm³/mol. The van der Waals surface area contributed by atoms with Crippen molar-refractivity contribution in [1.29, 1.82) is 0 Å². The fourth-order valence-electron chi connectivity index (χ4n) is 3.23. The summed E-state index contributed by atoms with van der Waals surface area (Å²) < 4.78 is 1.83. The summed E-state index contributed by atoms with van der Waals surface area (Å²) >= 11 is 0. The highest BCUT2D eigenvalue weighted by atomic mass is 16.2. The van der Waals surface area contributed by atoms with Gasteiger partial charge in [0.1, 0.15) is 6.54 Å². The Balaban J connectivity index is 1.68. The lowest BCUT2D eigenvalue weighted by molar-refractivity contribution is -0.121.